The Morgan fingerprint density at radius 3 is 2.71 bits per heavy atom. The van der Waals surface area contributed by atoms with E-state index in [0.717, 1.165) is 46.0 Å². The Labute approximate surface area is 211 Å². The number of hydrogen-bond acceptors (Lipinski definition) is 5. The minimum absolute atomic E-state index is 0.0411. The normalized spacial score (nSPS) is 26.5. The first-order valence-corrected chi connectivity index (χ1v) is 14.9. The summed E-state index contributed by atoms with van der Waals surface area (Å²) in [7, 11) is -3.73. The van der Waals surface area contributed by atoms with Crippen molar-refractivity contribution in [1.82, 2.24) is 14.2 Å². The van der Waals surface area contributed by atoms with E-state index in [-0.39, 0.29) is 16.8 Å². The molecule has 3 unspecified atom stereocenters. The highest BCUT2D eigenvalue weighted by Gasteiger charge is 2.47. The van der Waals surface area contributed by atoms with E-state index in [2.05, 4.69) is 23.2 Å². The number of fused-ring (bicyclic) bond motifs is 2. The Hall–Kier alpha value is -2.29. The second-order valence-electron chi connectivity index (χ2n) is 10.4. The van der Waals surface area contributed by atoms with Gasteiger partial charge in [0, 0.05) is 19.1 Å². The van der Waals surface area contributed by atoms with Crippen LogP contribution in [0.15, 0.2) is 52.9 Å². The van der Waals surface area contributed by atoms with Crippen LogP contribution in [0, 0.1) is 18.8 Å². The van der Waals surface area contributed by atoms with Crippen molar-refractivity contribution in [2.24, 2.45) is 11.8 Å². The molecule has 1 amide bonds. The highest BCUT2D eigenvalue weighted by atomic mass is 32.2. The van der Waals surface area contributed by atoms with Crippen LogP contribution in [0.1, 0.15) is 49.7 Å². The van der Waals surface area contributed by atoms with Gasteiger partial charge in [0.25, 0.3) is 0 Å². The summed E-state index contributed by atoms with van der Waals surface area (Å²) in [5.74, 6) is 1.51. The van der Waals surface area contributed by atoms with Crippen molar-refractivity contribution in [2.45, 2.75) is 69.0 Å². The third-order valence-corrected chi connectivity index (χ3v) is 10.8. The van der Waals surface area contributed by atoms with Crippen LogP contribution >= 0.6 is 11.3 Å². The Morgan fingerprint density at radius 1 is 1.09 bits per heavy atom. The van der Waals surface area contributed by atoms with Gasteiger partial charge in [-0.3, -0.25) is 4.79 Å². The van der Waals surface area contributed by atoms with E-state index in [9.17, 15) is 13.2 Å². The predicted octanol–water partition coefficient (Wildman–Crippen LogP) is 4.98. The van der Waals surface area contributed by atoms with E-state index >= 15 is 0 Å². The van der Waals surface area contributed by atoms with Crippen LogP contribution in [0.4, 0.5) is 0 Å². The molecule has 0 spiro atoms. The van der Waals surface area contributed by atoms with Crippen LogP contribution in [0.5, 0.6) is 0 Å². The van der Waals surface area contributed by atoms with E-state index in [4.69, 9.17) is 0 Å². The third-order valence-electron chi connectivity index (χ3n) is 8.10. The fourth-order valence-corrected chi connectivity index (χ4v) is 8.32. The maximum absolute atomic E-state index is 14.1. The summed E-state index contributed by atoms with van der Waals surface area (Å²) < 4.78 is 29.7. The number of nitrogens with zero attached hydrogens (tertiary/aromatic N) is 3. The zero-order chi connectivity index (χ0) is 24.2. The highest BCUT2D eigenvalue weighted by Crippen LogP contribution is 2.50. The van der Waals surface area contributed by atoms with Crippen molar-refractivity contribution in [1.29, 1.82) is 0 Å². The standard InChI is InChI=1S/C27H31N3O3S2/c1-18-4-9-23(10-5-18)35(32,33)30-12-2-3-25(30)27(31)29(22-8-7-20-14-21(20)15-22)16-19-6-11-26-24(13-19)28-17-34-26/h4-6,9-11,13,17,20-22,25H,2-3,7-8,12,14-16H2,1H3/t20?,21?,22?,25-/m0/s1. The van der Waals surface area contributed by atoms with Gasteiger partial charge in [0.05, 0.1) is 20.6 Å². The fourth-order valence-electron chi connectivity index (χ4n) is 6.01. The molecule has 2 saturated carbocycles. The highest BCUT2D eigenvalue weighted by molar-refractivity contribution is 7.89. The summed E-state index contributed by atoms with van der Waals surface area (Å²) in [5.41, 5.74) is 4.87. The number of aryl methyl sites for hydroxylation is 1. The Kier molecular flexibility index (Phi) is 5.93. The summed E-state index contributed by atoms with van der Waals surface area (Å²) in [5, 5.41) is 0. The zero-order valence-electron chi connectivity index (χ0n) is 20.0. The van der Waals surface area contributed by atoms with Gasteiger partial charge in [-0.1, -0.05) is 23.8 Å². The number of thiazole rings is 1. The average Bonchev–Trinajstić information content (AvgIpc) is 3.22. The summed E-state index contributed by atoms with van der Waals surface area (Å²) in [6.07, 6.45) is 5.76. The zero-order valence-corrected chi connectivity index (χ0v) is 21.6. The molecule has 2 aliphatic carbocycles. The van der Waals surface area contributed by atoms with E-state index in [0.29, 0.717) is 25.9 Å². The molecule has 184 valence electrons. The van der Waals surface area contributed by atoms with Gasteiger partial charge in [0.1, 0.15) is 6.04 Å². The minimum Gasteiger partial charge on any atom is -0.334 e. The molecule has 8 heteroatoms. The Balaban J connectivity index is 1.30. The first-order valence-electron chi connectivity index (χ1n) is 12.6. The summed E-state index contributed by atoms with van der Waals surface area (Å²) in [6.45, 7) is 2.83. The molecule has 2 heterocycles. The number of rotatable bonds is 6. The molecule has 4 atom stereocenters. The second kappa shape index (κ2) is 8.98. The molecule has 2 aromatic carbocycles. The largest absolute Gasteiger partial charge is 0.334 e. The van der Waals surface area contributed by atoms with Crippen molar-refractivity contribution in [3.63, 3.8) is 0 Å². The van der Waals surface area contributed by atoms with Crippen LogP contribution in [0.2, 0.25) is 0 Å². The molecule has 0 bridgehead atoms. The molecule has 0 radical (unpaired) electrons. The average molecular weight is 510 g/mol. The van der Waals surface area contributed by atoms with E-state index in [1.54, 1.807) is 23.5 Å². The number of sulfonamides is 1. The van der Waals surface area contributed by atoms with Gasteiger partial charge >= 0.3 is 0 Å². The fraction of sp³-hybridized carbons (Fsp3) is 0.481. The van der Waals surface area contributed by atoms with Crippen LogP contribution < -0.4 is 0 Å². The van der Waals surface area contributed by atoms with Crippen molar-refractivity contribution >= 4 is 37.5 Å². The van der Waals surface area contributed by atoms with Crippen LogP contribution in [0.25, 0.3) is 10.2 Å². The molecular weight excluding hydrogens is 478 g/mol. The monoisotopic (exact) mass is 509 g/mol. The van der Waals surface area contributed by atoms with E-state index in [1.165, 1.54) is 17.1 Å². The summed E-state index contributed by atoms with van der Waals surface area (Å²) >= 11 is 1.61. The molecule has 6 nitrogen and oxygen atoms in total. The lowest BCUT2D eigenvalue weighted by Crippen LogP contribution is -2.51. The third kappa shape index (κ3) is 4.41. The molecule has 1 aromatic heterocycles. The van der Waals surface area contributed by atoms with Crippen molar-refractivity contribution in [3.8, 4) is 0 Å². The van der Waals surface area contributed by atoms with Crippen molar-refractivity contribution < 1.29 is 13.2 Å². The second-order valence-corrected chi connectivity index (χ2v) is 13.2. The molecule has 3 fully saturated rings. The van der Waals surface area contributed by atoms with Gasteiger partial charge in [0.2, 0.25) is 15.9 Å². The molecule has 3 aromatic rings. The smallest absolute Gasteiger partial charge is 0.243 e. The summed E-state index contributed by atoms with van der Waals surface area (Å²) in [4.78, 5) is 20.9. The Bertz CT molecular complexity index is 1350. The molecule has 35 heavy (non-hydrogen) atoms. The van der Waals surface area contributed by atoms with Gasteiger partial charge in [0.15, 0.2) is 0 Å². The lowest BCUT2D eigenvalue weighted by molar-refractivity contribution is -0.138. The lowest BCUT2D eigenvalue weighted by Gasteiger charge is -2.37. The molecule has 6 rings (SSSR count). The molecular formula is C27H31N3O3S2. The Morgan fingerprint density at radius 2 is 1.91 bits per heavy atom. The topological polar surface area (TPSA) is 70.6 Å². The lowest BCUT2D eigenvalue weighted by atomic mass is 9.93. The van der Waals surface area contributed by atoms with Gasteiger partial charge < -0.3 is 4.90 Å². The minimum atomic E-state index is -3.73. The first-order chi connectivity index (χ1) is 16.9. The number of hydrogen-bond donors (Lipinski definition) is 0. The van der Waals surface area contributed by atoms with Crippen LogP contribution in [0.3, 0.4) is 0 Å². The van der Waals surface area contributed by atoms with E-state index in [1.807, 2.05) is 29.5 Å². The van der Waals surface area contributed by atoms with Crippen molar-refractivity contribution in [3.05, 3.63) is 59.1 Å². The van der Waals surface area contributed by atoms with Gasteiger partial charge in [-0.2, -0.15) is 4.31 Å². The van der Waals surface area contributed by atoms with Crippen LogP contribution in [-0.2, 0) is 21.4 Å². The van der Waals surface area contributed by atoms with Gasteiger partial charge in [-0.05, 0) is 87.1 Å². The number of aromatic nitrogens is 1. The predicted molar refractivity (Wildman–Crippen MR) is 137 cm³/mol. The van der Waals surface area contributed by atoms with Crippen LogP contribution in [-0.4, -0.2) is 47.1 Å². The maximum Gasteiger partial charge on any atom is 0.243 e. The number of amides is 1. The van der Waals surface area contributed by atoms with Crippen molar-refractivity contribution in [2.75, 3.05) is 6.54 Å². The molecule has 1 saturated heterocycles. The quantitative estimate of drug-likeness (QED) is 0.470. The molecule has 0 N–H and O–H groups in total. The van der Waals surface area contributed by atoms with Gasteiger partial charge in [-0.15, -0.1) is 11.3 Å². The number of carbonyl (C=O) groups is 1. The first kappa shape index (κ1) is 23.1. The number of benzene rings is 2. The SMILES string of the molecule is Cc1ccc(S(=O)(=O)N2CCC[C@H]2C(=O)N(Cc2ccc3scnc3c2)C2CCC3CC3C2)cc1. The maximum atomic E-state index is 14.1. The van der Waals surface area contributed by atoms with Gasteiger partial charge in [-0.25, -0.2) is 13.4 Å². The van der Waals surface area contributed by atoms with E-state index < -0.39 is 16.1 Å². The summed E-state index contributed by atoms with van der Waals surface area (Å²) in [6, 6.07) is 12.7. The molecule has 1 aliphatic heterocycles. The molecule has 3 aliphatic rings. The number of carbonyl (C=O) groups excluding carboxylic acids is 1.